The van der Waals surface area contributed by atoms with Crippen LogP contribution in [0, 0.1) is 6.92 Å². The topological polar surface area (TPSA) is 49.8 Å². The van der Waals surface area contributed by atoms with Crippen molar-refractivity contribution in [1.29, 1.82) is 0 Å². The van der Waals surface area contributed by atoms with Crippen LogP contribution in [-0.2, 0) is 0 Å². The summed E-state index contributed by atoms with van der Waals surface area (Å²) in [7, 11) is 0. The van der Waals surface area contributed by atoms with Gasteiger partial charge in [-0.25, -0.2) is 9.97 Å². The maximum Gasteiger partial charge on any atom is 0.138 e. The van der Waals surface area contributed by atoms with Crippen LogP contribution < -0.4 is 10.6 Å². The molecule has 3 rings (SSSR count). The molecule has 4 nitrogen and oxygen atoms in total. The van der Waals surface area contributed by atoms with Gasteiger partial charge in [0.05, 0.1) is 5.39 Å². The van der Waals surface area contributed by atoms with Crippen LogP contribution in [0.4, 0.5) is 5.82 Å². The van der Waals surface area contributed by atoms with Crippen LogP contribution in [0.15, 0.2) is 11.7 Å². The molecule has 2 aromatic heterocycles. The van der Waals surface area contributed by atoms with E-state index in [-0.39, 0.29) is 0 Å². The molecule has 2 aromatic rings. The summed E-state index contributed by atoms with van der Waals surface area (Å²) in [6.07, 6.45) is 3.98. The quantitative estimate of drug-likeness (QED) is 0.855. The number of hydrogen-bond acceptors (Lipinski definition) is 5. The highest BCUT2D eigenvalue weighted by Gasteiger charge is 2.15. The minimum absolute atomic E-state index is 0.536. The number of fused-ring (bicyclic) bond motifs is 1. The molecule has 5 heteroatoms. The first-order valence-electron chi connectivity index (χ1n) is 6.00. The van der Waals surface area contributed by atoms with Crippen molar-refractivity contribution in [1.82, 2.24) is 15.3 Å². The molecule has 0 atom stereocenters. The Morgan fingerprint density at radius 2 is 2.18 bits per heavy atom. The van der Waals surface area contributed by atoms with Crippen LogP contribution in [0.5, 0.6) is 0 Å². The number of aromatic nitrogens is 2. The van der Waals surface area contributed by atoms with Crippen LogP contribution in [0.1, 0.15) is 18.4 Å². The van der Waals surface area contributed by atoms with Gasteiger partial charge in [0.1, 0.15) is 17.0 Å². The molecule has 0 radical (unpaired) electrons. The zero-order valence-corrected chi connectivity index (χ0v) is 10.7. The molecule has 0 aromatic carbocycles. The average Bonchev–Trinajstić information content (AvgIpc) is 2.74. The van der Waals surface area contributed by atoms with Crippen molar-refractivity contribution in [2.24, 2.45) is 0 Å². The van der Waals surface area contributed by atoms with E-state index in [2.05, 4.69) is 32.9 Å². The molecule has 1 aliphatic rings. The number of aryl methyl sites for hydroxylation is 1. The molecule has 1 aliphatic heterocycles. The third kappa shape index (κ3) is 2.12. The highest BCUT2D eigenvalue weighted by molar-refractivity contribution is 7.17. The summed E-state index contributed by atoms with van der Waals surface area (Å²) in [5.41, 5.74) is 1.27. The maximum absolute atomic E-state index is 4.40. The average molecular weight is 248 g/mol. The fourth-order valence-electron chi connectivity index (χ4n) is 2.29. The molecule has 2 N–H and O–H groups in total. The van der Waals surface area contributed by atoms with Gasteiger partial charge in [-0.3, -0.25) is 0 Å². The first kappa shape index (κ1) is 10.9. The predicted octanol–water partition coefficient (Wildman–Crippen LogP) is 2.16. The maximum atomic E-state index is 4.40. The van der Waals surface area contributed by atoms with E-state index >= 15 is 0 Å². The van der Waals surface area contributed by atoms with Gasteiger partial charge < -0.3 is 10.6 Å². The minimum atomic E-state index is 0.536. The number of hydrogen-bond donors (Lipinski definition) is 2. The number of piperidine rings is 1. The normalized spacial score (nSPS) is 17.5. The first-order chi connectivity index (χ1) is 8.34. The van der Waals surface area contributed by atoms with E-state index < -0.39 is 0 Å². The molecule has 0 aliphatic carbocycles. The number of rotatable bonds is 2. The number of nitrogens with zero attached hydrogens (tertiary/aromatic N) is 2. The molecule has 90 valence electrons. The molecule has 0 unspecified atom stereocenters. The summed E-state index contributed by atoms with van der Waals surface area (Å²) in [6.45, 7) is 4.30. The fourth-order valence-corrected chi connectivity index (χ4v) is 3.18. The molecular weight excluding hydrogens is 232 g/mol. The van der Waals surface area contributed by atoms with Crippen molar-refractivity contribution in [3.8, 4) is 0 Å². The lowest BCUT2D eigenvalue weighted by molar-refractivity contribution is 0.478. The van der Waals surface area contributed by atoms with Gasteiger partial charge in [0.15, 0.2) is 0 Å². The molecule has 0 saturated carbocycles. The van der Waals surface area contributed by atoms with Crippen LogP contribution in [-0.4, -0.2) is 29.1 Å². The Balaban J connectivity index is 1.91. The molecular formula is C12H16N4S. The van der Waals surface area contributed by atoms with Gasteiger partial charge in [-0.05, 0) is 43.8 Å². The van der Waals surface area contributed by atoms with Gasteiger partial charge in [-0.1, -0.05) is 0 Å². The van der Waals surface area contributed by atoms with Gasteiger partial charge in [0.25, 0.3) is 0 Å². The second kappa shape index (κ2) is 4.58. The summed E-state index contributed by atoms with van der Waals surface area (Å²) < 4.78 is 0. The number of nitrogens with one attached hydrogen (secondary N) is 2. The molecule has 17 heavy (non-hydrogen) atoms. The first-order valence-corrected chi connectivity index (χ1v) is 6.88. The summed E-state index contributed by atoms with van der Waals surface area (Å²) in [5, 5.41) is 10.3. The van der Waals surface area contributed by atoms with Crippen LogP contribution in [0.3, 0.4) is 0 Å². The smallest absolute Gasteiger partial charge is 0.138 e. The van der Waals surface area contributed by atoms with E-state index in [4.69, 9.17) is 0 Å². The van der Waals surface area contributed by atoms with Gasteiger partial charge in [0.2, 0.25) is 0 Å². The Morgan fingerprint density at radius 3 is 3.00 bits per heavy atom. The molecule has 0 spiro atoms. The lowest BCUT2D eigenvalue weighted by Crippen LogP contribution is -2.35. The van der Waals surface area contributed by atoms with Gasteiger partial charge in [-0.2, -0.15) is 0 Å². The summed E-state index contributed by atoms with van der Waals surface area (Å²) in [6, 6.07) is 0.536. The molecule has 1 fully saturated rings. The van der Waals surface area contributed by atoms with E-state index in [0.29, 0.717) is 6.04 Å². The van der Waals surface area contributed by atoms with Crippen molar-refractivity contribution in [3.63, 3.8) is 0 Å². The summed E-state index contributed by atoms with van der Waals surface area (Å²) in [5.74, 6) is 1.00. The van der Waals surface area contributed by atoms with Crippen molar-refractivity contribution < 1.29 is 0 Å². The number of anilines is 1. The van der Waals surface area contributed by atoms with Crippen molar-refractivity contribution in [3.05, 3.63) is 17.3 Å². The molecule has 3 heterocycles. The van der Waals surface area contributed by atoms with Gasteiger partial charge >= 0.3 is 0 Å². The fraction of sp³-hybridized carbons (Fsp3) is 0.500. The lowest BCUT2D eigenvalue weighted by Gasteiger charge is -2.24. The van der Waals surface area contributed by atoms with Crippen LogP contribution in [0.2, 0.25) is 0 Å². The van der Waals surface area contributed by atoms with Crippen molar-refractivity contribution in [2.45, 2.75) is 25.8 Å². The monoisotopic (exact) mass is 248 g/mol. The Kier molecular flexibility index (Phi) is 2.94. The SMILES string of the molecule is Cc1csc2ncnc(NC3CCNCC3)c12. The molecule has 0 bridgehead atoms. The second-order valence-electron chi connectivity index (χ2n) is 4.49. The zero-order chi connectivity index (χ0) is 11.7. The standard InChI is InChI=1S/C12H16N4S/c1-8-6-17-12-10(8)11(14-7-15-12)16-9-2-4-13-5-3-9/h6-7,9,13H,2-5H2,1H3,(H,14,15,16). The Bertz CT molecular complexity index is 516. The van der Waals surface area contributed by atoms with Gasteiger partial charge in [-0.15, -0.1) is 11.3 Å². The minimum Gasteiger partial charge on any atom is -0.367 e. The zero-order valence-electron chi connectivity index (χ0n) is 9.86. The Hall–Kier alpha value is -1.20. The van der Waals surface area contributed by atoms with E-state index in [1.165, 1.54) is 10.9 Å². The van der Waals surface area contributed by atoms with Crippen molar-refractivity contribution >= 4 is 27.4 Å². The molecule has 1 saturated heterocycles. The summed E-state index contributed by atoms with van der Waals surface area (Å²) >= 11 is 1.69. The van der Waals surface area contributed by atoms with Gasteiger partial charge in [0, 0.05) is 6.04 Å². The van der Waals surface area contributed by atoms with E-state index in [0.717, 1.165) is 36.6 Å². The van der Waals surface area contributed by atoms with Crippen molar-refractivity contribution in [2.75, 3.05) is 18.4 Å². The van der Waals surface area contributed by atoms with Crippen LogP contribution in [0.25, 0.3) is 10.2 Å². The molecule has 0 amide bonds. The Labute approximate surface area is 104 Å². The van der Waals surface area contributed by atoms with E-state index in [1.54, 1.807) is 17.7 Å². The third-order valence-corrected chi connectivity index (χ3v) is 4.24. The highest BCUT2D eigenvalue weighted by Crippen LogP contribution is 2.29. The lowest BCUT2D eigenvalue weighted by atomic mass is 10.1. The number of thiophene rings is 1. The third-order valence-electron chi connectivity index (χ3n) is 3.23. The van der Waals surface area contributed by atoms with Crippen LogP contribution >= 0.6 is 11.3 Å². The predicted molar refractivity (Wildman–Crippen MR) is 71.7 cm³/mol. The van der Waals surface area contributed by atoms with E-state index in [9.17, 15) is 0 Å². The summed E-state index contributed by atoms with van der Waals surface area (Å²) in [4.78, 5) is 9.79. The largest absolute Gasteiger partial charge is 0.367 e. The van der Waals surface area contributed by atoms with E-state index in [1.807, 2.05) is 0 Å². The highest BCUT2D eigenvalue weighted by atomic mass is 32.1. The Morgan fingerprint density at radius 1 is 1.35 bits per heavy atom. The second-order valence-corrected chi connectivity index (χ2v) is 5.35.